The summed E-state index contributed by atoms with van der Waals surface area (Å²) in [5, 5.41) is 19.1. The summed E-state index contributed by atoms with van der Waals surface area (Å²) in [6.45, 7) is 3.44. The molecule has 3 aromatic carbocycles. The molecule has 1 amide bonds. The number of anilines is 1. The number of para-hydroxylation sites is 2. The van der Waals surface area contributed by atoms with Crippen LogP contribution in [0, 0.1) is 10.1 Å². The number of fused-ring (bicyclic) bond motifs is 1. The predicted molar refractivity (Wildman–Crippen MR) is 149 cm³/mol. The maximum Gasteiger partial charge on any atom is 0.311 e. The van der Waals surface area contributed by atoms with E-state index in [9.17, 15) is 19.7 Å². The molecule has 194 valence electrons. The third kappa shape index (κ3) is 5.94. The zero-order chi connectivity index (χ0) is 27.2. The second kappa shape index (κ2) is 11.8. The van der Waals surface area contributed by atoms with Crippen LogP contribution in [-0.4, -0.2) is 33.3 Å². The lowest BCUT2D eigenvalue weighted by Gasteiger charge is -2.14. The first-order chi connectivity index (χ1) is 18.3. The fourth-order valence-corrected chi connectivity index (χ4v) is 4.06. The molecule has 1 N–H and O–H groups in total. The van der Waals surface area contributed by atoms with Crippen LogP contribution < -0.4 is 15.6 Å². The molecule has 1 aromatic heterocycles. The molecule has 0 fully saturated rings. The van der Waals surface area contributed by atoms with Crippen molar-refractivity contribution in [3.05, 3.63) is 103 Å². The summed E-state index contributed by atoms with van der Waals surface area (Å²) >= 11 is 3.38. The number of hydrogen-bond acceptors (Lipinski definition) is 7. The Bertz CT molecular complexity index is 1590. The molecule has 4 aromatic rings. The second-order valence-corrected chi connectivity index (χ2v) is 9.37. The van der Waals surface area contributed by atoms with Gasteiger partial charge in [0, 0.05) is 27.7 Å². The minimum Gasteiger partial charge on any atom is -0.476 e. The standard InChI is InChI=1S/C27H24BrN5O5/c1-3-17(2)26-31-22-13-12-19(28)14-21(22)27(35)32(26)29-15-18-8-7-11-23(33(36)37)25(18)38-16-24(34)30-20-9-5-4-6-10-20/h4-15,17H,3,16H2,1-2H3,(H,30,34)/t17-/m0/s1. The Hall–Kier alpha value is -4.38. The quantitative estimate of drug-likeness (QED) is 0.159. The van der Waals surface area contributed by atoms with E-state index in [4.69, 9.17) is 4.74 Å². The summed E-state index contributed by atoms with van der Waals surface area (Å²) in [4.78, 5) is 41.6. The van der Waals surface area contributed by atoms with Crippen molar-refractivity contribution in [3.8, 4) is 5.75 Å². The van der Waals surface area contributed by atoms with Crippen molar-refractivity contribution in [1.82, 2.24) is 9.66 Å². The molecular formula is C27H24BrN5O5. The minimum absolute atomic E-state index is 0.0876. The molecule has 10 nitrogen and oxygen atoms in total. The lowest BCUT2D eigenvalue weighted by Crippen LogP contribution is -2.24. The summed E-state index contributed by atoms with van der Waals surface area (Å²) in [6, 6.07) is 18.3. The van der Waals surface area contributed by atoms with Gasteiger partial charge in [-0.25, -0.2) is 4.98 Å². The molecule has 0 bridgehead atoms. The number of ether oxygens (including phenoxy) is 1. The first kappa shape index (κ1) is 26.7. The third-order valence-electron chi connectivity index (χ3n) is 5.83. The van der Waals surface area contributed by atoms with Crippen molar-refractivity contribution in [2.24, 2.45) is 5.10 Å². The van der Waals surface area contributed by atoms with E-state index in [0.29, 0.717) is 28.8 Å². The summed E-state index contributed by atoms with van der Waals surface area (Å²) in [7, 11) is 0. The highest BCUT2D eigenvalue weighted by molar-refractivity contribution is 9.10. The van der Waals surface area contributed by atoms with Crippen LogP contribution in [0.2, 0.25) is 0 Å². The highest BCUT2D eigenvalue weighted by Gasteiger charge is 2.21. The average Bonchev–Trinajstić information content (AvgIpc) is 2.91. The minimum atomic E-state index is -0.604. The van der Waals surface area contributed by atoms with Crippen molar-refractivity contribution < 1.29 is 14.5 Å². The van der Waals surface area contributed by atoms with E-state index in [-0.39, 0.29) is 28.5 Å². The molecule has 0 spiro atoms. The van der Waals surface area contributed by atoms with Gasteiger partial charge >= 0.3 is 5.69 Å². The molecule has 1 atom stereocenters. The molecule has 38 heavy (non-hydrogen) atoms. The van der Waals surface area contributed by atoms with Crippen LogP contribution in [0.1, 0.15) is 37.6 Å². The third-order valence-corrected chi connectivity index (χ3v) is 6.32. The smallest absolute Gasteiger partial charge is 0.311 e. The number of hydrogen-bond donors (Lipinski definition) is 1. The van der Waals surface area contributed by atoms with Crippen molar-refractivity contribution in [2.75, 3.05) is 11.9 Å². The number of nitro benzene ring substituents is 1. The Kier molecular flexibility index (Phi) is 8.27. The number of rotatable bonds is 9. The lowest BCUT2D eigenvalue weighted by atomic mass is 10.1. The largest absolute Gasteiger partial charge is 0.476 e. The molecule has 0 saturated heterocycles. The van der Waals surface area contributed by atoms with Crippen molar-refractivity contribution in [3.63, 3.8) is 0 Å². The maximum atomic E-state index is 13.4. The highest BCUT2D eigenvalue weighted by Crippen LogP contribution is 2.30. The number of halogens is 1. The number of nitro groups is 1. The van der Waals surface area contributed by atoms with Crippen LogP contribution in [0.25, 0.3) is 10.9 Å². The van der Waals surface area contributed by atoms with Gasteiger partial charge in [0.2, 0.25) is 5.75 Å². The SMILES string of the molecule is CC[C@H](C)c1nc2ccc(Br)cc2c(=O)n1N=Cc1cccc([N+](=O)[O-])c1OCC(=O)Nc1ccccc1. The Morgan fingerprint density at radius 2 is 1.97 bits per heavy atom. The number of amides is 1. The monoisotopic (exact) mass is 577 g/mol. The average molecular weight is 578 g/mol. The van der Waals surface area contributed by atoms with Crippen LogP contribution in [0.4, 0.5) is 11.4 Å². The molecule has 0 saturated carbocycles. The van der Waals surface area contributed by atoms with Crippen molar-refractivity contribution in [2.45, 2.75) is 26.2 Å². The van der Waals surface area contributed by atoms with E-state index in [2.05, 4.69) is 31.3 Å². The molecule has 0 aliphatic heterocycles. The number of benzene rings is 3. The van der Waals surface area contributed by atoms with Gasteiger partial charge < -0.3 is 10.1 Å². The lowest BCUT2D eigenvalue weighted by molar-refractivity contribution is -0.385. The molecule has 4 rings (SSSR count). The fourth-order valence-electron chi connectivity index (χ4n) is 3.70. The normalized spacial score (nSPS) is 12.0. The summed E-state index contributed by atoms with van der Waals surface area (Å²) in [5.74, 6) is -0.259. The fraction of sp³-hybridized carbons (Fsp3) is 0.185. The van der Waals surface area contributed by atoms with Crippen LogP contribution in [0.3, 0.4) is 0 Å². The predicted octanol–water partition coefficient (Wildman–Crippen LogP) is 5.48. The molecule has 11 heteroatoms. The van der Waals surface area contributed by atoms with Gasteiger partial charge in [0.1, 0.15) is 5.82 Å². The second-order valence-electron chi connectivity index (χ2n) is 8.46. The highest BCUT2D eigenvalue weighted by atomic mass is 79.9. The van der Waals surface area contributed by atoms with E-state index in [1.807, 2.05) is 26.0 Å². The summed E-state index contributed by atoms with van der Waals surface area (Å²) in [5.41, 5.74) is 0.624. The number of nitrogens with zero attached hydrogens (tertiary/aromatic N) is 4. The van der Waals surface area contributed by atoms with Crippen LogP contribution in [0.5, 0.6) is 5.75 Å². The Balaban J connectivity index is 1.72. The van der Waals surface area contributed by atoms with Crippen molar-refractivity contribution in [1.29, 1.82) is 0 Å². The first-order valence-corrected chi connectivity index (χ1v) is 12.6. The number of carbonyl (C=O) groups is 1. The summed E-state index contributed by atoms with van der Waals surface area (Å²) in [6.07, 6.45) is 2.02. The Labute approximate surface area is 226 Å². The van der Waals surface area contributed by atoms with Gasteiger partial charge in [-0.15, -0.1) is 0 Å². The molecular weight excluding hydrogens is 554 g/mol. The van der Waals surface area contributed by atoms with Gasteiger partial charge in [-0.05, 0) is 42.8 Å². The van der Waals surface area contributed by atoms with Gasteiger partial charge in [-0.2, -0.15) is 9.78 Å². The topological polar surface area (TPSA) is 129 Å². The van der Waals surface area contributed by atoms with E-state index in [0.717, 1.165) is 4.47 Å². The number of nitrogens with one attached hydrogen (secondary N) is 1. The Morgan fingerprint density at radius 3 is 2.68 bits per heavy atom. The van der Waals surface area contributed by atoms with Gasteiger partial charge in [0.15, 0.2) is 6.61 Å². The maximum absolute atomic E-state index is 13.4. The van der Waals surface area contributed by atoms with E-state index >= 15 is 0 Å². The Morgan fingerprint density at radius 1 is 1.21 bits per heavy atom. The van der Waals surface area contributed by atoms with Crippen LogP contribution in [0.15, 0.2) is 81.1 Å². The zero-order valence-electron chi connectivity index (χ0n) is 20.6. The van der Waals surface area contributed by atoms with E-state index < -0.39 is 17.4 Å². The van der Waals surface area contributed by atoms with Gasteiger partial charge in [-0.1, -0.05) is 54.0 Å². The molecule has 0 aliphatic carbocycles. The first-order valence-electron chi connectivity index (χ1n) is 11.8. The van der Waals surface area contributed by atoms with Gasteiger partial charge in [-0.3, -0.25) is 19.7 Å². The van der Waals surface area contributed by atoms with Crippen molar-refractivity contribution >= 4 is 50.3 Å². The molecule has 0 aliphatic rings. The van der Waals surface area contributed by atoms with Crippen LogP contribution in [-0.2, 0) is 4.79 Å². The molecule has 0 radical (unpaired) electrons. The zero-order valence-corrected chi connectivity index (χ0v) is 22.2. The van der Waals surface area contributed by atoms with E-state index in [1.54, 1.807) is 42.5 Å². The van der Waals surface area contributed by atoms with Gasteiger partial charge in [0.05, 0.1) is 22.0 Å². The number of aromatic nitrogens is 2. The van der Waals surface area contributed by atoms with E-state index in [1.165, 1.54) is 23.0 Å². The van der Waals surface area contributed by atoms with Crippen LogP contribution >= 0.6 is 15.9 Å². The van der Waals surface area contributed by atoms with Gasteiger partial charge in [0.25, 0.3) is 11.5 Å². The number of carbonyl (C=O) groups excluding carboxylic acids is 1. The molecule has 1 heterocycles. The summed E-state index contributed by atoms with van der Waals surface area (Å²) < 4.78 is 7.54. The molecule has 0 unspecified atom stereocenters.